The summed E-state index contributed by atoms with van der Waals surface area (Å²) in [5, 5.41) is 3.21. The van der Waals surface area contributed by atoms with E-state index in [-0.39, 0.29) is 11.0 Å². The van der Waals surface area contributed by atoms with Crippen LogP contribution in [0, 0.1) is 13.8 Å². The smallest absolute Gasteiger partial charge is 0.261 e. The molecule has 0 unspecified atom stereocenters. The van der Waals surface area contributed by atoms with Crippen LogP contribution in [0.2, 0.25) is 5.02 Å². The Labute approximate surface area is 191 Å². The van der Waals surface area contributed by atoms with E-state index >= 15 is 0 Å². The minimum absolute atomic E-state index is 0.0741. The van der Waals surface area contributed by atoms with Crippen LogP contribution in [0.5, 0.6) is 0 Å². The molecular formula is C26H22ClN3O2. The van der Waals surface area contributed by atoms with E-state index < -0.39 is 5.91 Å². The molecule has 0 radical (unpaired) electrons. The Kier molecular flexibility index (Phi) is 6.19. The first-order valence-electron chi connectivity index (χ1n) is 10.2. The summed E-state index contributed by atoms with van der Waals surface area (Å²) in [6, 6.07) is 20.1. The average Bonchev–Trinajstić information content (AvgIpc) is 2.77. The molecule has 0 bridgehead atoms. The molecule has 0 atom stereocenters. The van der Waals surface area contributed by atoms with Crippen LogP contribution in [0.1, 0.15) is 27.2 Å². The Morgan fingerprint density at radius 1 is 1.03 bits per heavy atom. The van der Waals surface area contributed by atoms with E-state index in [1.54, 1.807) is 36.7 Å². The number of nitrogens with one attached hydrogen (secondary N) is 1. The highest BCUT2D eigenvalue weighted by molar-refractivity contribution is 6.34. The fourth-order valence-corrected chi connectivity index (χ4v) is 3.89. The number of rotatable bonds is 5. The number of carbonyl (C=O) groups excluding carboxylic acids is 1. The van der Waals surface area contributed by atoms with Crippen LogP contribution in [-0.2, 0) is 6.54 Å². The summed E-state index contributed by atoms with van der Waals surface area (Å²) in [4.78, 5) is 30.7. The predicted molar refractivity (Wildman–Crippen MR) is 128 cm³/mol. The first-order chi connectivity index (χ1) is 15.4. The van der Waals surface area contributed by atoms with E-state index in [1.807, 2.05) is 54.8 Å². The Morgan fingerprint density at radius 2 is 1.84 bits per heavy atom. The number of amides is 1. The fraction of sp³-hybridized carbons (Fsp3) is 0.115. The van der Waals surface area contributed by atoms with Crippen LogP contribution in [-0.4, -0.2) is 15.5 Å². The second kappa shape index (κ2) is 9.20. The van der Waals surface area contributed by atoms with Gasteiger partial charge in [0.25, 0.3) is 5.91 Å². The maximum absolute atomic E-state index is 13.4. The molecule has 4 rings (SSSR count). The Hall–Kier alpha value is -3.70. The first kappa shape index (κ1) is 21.5. The summed E-state index contributed by atoms with van der Waals surface area (Å²) in [6.07, 6.45) is 3.49. The van der Waals surface area contributed by atoms with E-state index in [0.717, 1.165) is 22.4 Å². The van der Waals surface area contributed by atoms with Crippen molar-refractivity contribution in [1.82, 2.24) is 9.55 Å². The van der Waals surface area contributed by atoms with Gasteiger partial charge in [0.2, 0.25) is 0 Å². The molecule has 0 saturated carbocycles. The lowest BCUT2D eigenvalue weighted by Crippen LogP contribution is -2.27. The maximum Gasteiger partial charge on any atom is 0.261 e. The van der Waals surface area contributed by atoms with Crippen LogP contribution in [0.3, 0.4) is 0 Å². The Bertz CT molecular complexity index is 1350. The van der Waals surface area contributed by atoms with Crippen molar-refractivity contribution in [3.8, 4) is 11.3 Å². The number of pyridine rings is 2. The molecule has 0 fully saturated rings. The van der Waals surface area contributed by atoms with Gasteiger partial charge in [-0.1, -0.05) is 53.6 Å². The van der Waals surface area contributed by atoms with Crippen LogP contribution in [0.15, 0.2) is 83.9 Å². The number of hydrogen-bond acceptors (Lipinski definition) is 3. The molecule has 2 heterocycles. The number of aromatic nitrogens is 2. The monoisotopic (exact) mass is 443 g/mol. The number of nitrogens with zero attached hydrogens (tertiary/aromatic N) is 2. The summed E-state index contributed by atoms with van der Waals surface area (Å²) < 4.78 is 1.98. The molecule has 0 aliphatic rings. The van der Waals surface area contributed by atoms with Gasteiger partial charge < -0.3 is 9.88 Å². The largest absolute Gasteiger partial charge is 0.340 e. The zero-order chi connectivity index (χ0) is 22.7. The minimum atomic E-state index is -0.500. The van der Waals surface area contributed by atoms with E-state index in [1.165, 1.54) is 6.07 Å². The van der Waals surface area contributed by atoms with Crippen LogP contribution < -0.4 is 10.7 Å². The van der Waals surface area contributed by atoms with Crippen molar-refractivity contribution < 1.29 is 4.79 Å². The molecule has 6 heteroatoms. The molecule has 5 nitrogen and oxygen atoms in total. The van der Waals surface area contributed by atoms with Crippen molar-refractivity contribution in [3.05, 3.63) is 117 Å². The lowest BCUT2D eigenvalue weighted by atomic mass is 10.0. The zero-order valence-electron chi connectivity index (χ0n) is 17.8. The molecule has 0 spiro atoms. The van der Waals surface area contributed by atoms with E-state index in [4.69, 9.17) is 11.6 Å². The number of halogens is 1. The van der Waals surface area contributed by atoms with Gasteiger partial charge in [-0.05, 0) is 49.2 Å². The SMILES string of the molecule is Cc1cccc(-c2c(C(=O)Nc3ccccc3Cl)c(=O)cc(C)n2Cc2cccnc2)c1. The molecule has 0 saturated heterocycles. The van der Waals surface area contributed by atoms with Gasteiger partial charge in [-0.3, -0.25) is 14.6 Å². The summed E-state index contributed by atoms with van der Waals surface area (Å²) >= 11 is 6.23. The number of aryl methyl sites for hydroxylation is 2. The van der Waals surface area contributed by atoms with Gasteiger partial charge in [0.05, 0.1) is 16.4 Å². The average molecular weight is 444 g/mol. The van der Waals surface area contributed by atoms with Gasteiger partial charge in [-0.25, -0.2) is 0 Å². The number of hydrogen-bond donors (Lipinski definition) is 1. The third-order valence-electron chi connectivity index (χ3n) is 5.22. The van der Waals surface area contributed by atoms with Crippen molar-refractivity contribution in [2.45, 2.75) is 20.4 Å². The van der Waals surface area contributed by atoms with Gasteiger partial charge in [0.15, 0.2) is 5.43 Å². The second-order valence-corrected chi connectivity index (χ2v) is 8.03. The number of carbonyl (C=O) groups is 1. The predicted octanol–water partition coefficient (Wildman–Crippen LogP) is 5.48. The van der Waals surface area contributed by atoms with Crippen molar-refractivity contribution in [3.63, 3.8) is 0 Å². The molecular weight excluding hydrogens is 422 g/mol. The molecule has 32 heavy (non-hydrogen) atoms. The number of benzene rings is 2. The highest BCUT2D eigenvalue weighted by atomic mass is 35.5. The van der Waals surface area contributed by atoms with Gasteiger partial charge in [0.1, 0.15) is 5.56 Å². The molecule has 1 amide bonds. The van der Waals surface area contributed by atoms with Crippen molar-refractivity contribution in [1.29, 1.82) is 0 Å². The lowest BCUT2D eigenvalue weighted by Gasteiger charge is -2.21. The maximum atomic E-state index is 13.4. The summed E-state index contributed by atoms with van der Waals surface area (Å²) in [6.45, 7) is 4.31. The van der Waals surface area contributed by atoms with Crippen molar-refractivity contribution >= 4 is 23.2 Å². The third-order valence-corrected chi connectivity index (χ3v) is 5.55. The highest BCUT2D eigenvalue weighted by Crippen LogP contribution is 2.27. The van der Waals surface area contributed by atoms with E-state index in [0.29, 0.717) is 22.9 Å². The summed E-state index contributed by atoms with van der Waals surface area (Å²) in [5.74, 6) is -0.500. The number of anilines is 1. The highest BCUT2D eigenvalue weighted by Gasteiger charge is 2.22. The standard InChI is InChI=1S/C26H22ClN3O2/c1-17-7-5-9-20(13-17)25-24(26(32)29-22-11-4-3-10-21(22)27)23(31)14-18(2)30(25)16-19-8-6-12-28-15-19/h3-15H,16H2,1-2H3,(H,29,32). The van der Waals surface area contributed by atoms with E-state index in [2.05, 4.69) is 10.3 Å². The van der Waals surface area contributed by atoms with Gasteiger partial charge >= 0.3 is 0 Å². The molecule has 4 aromatic rings. The van der Waals surface area contributed by atoms with E-state index in [9.17, 15) is 9.59 Å². The summed E-state index contributed by atoms with van der Waals surface area (Å²) in [5.41, 5.74) is 4.28. The molecule has 0 aliphatic carbocycles. The molecule has 160 valence electrons. The fourth-order valence-electron chi connectivity index (χ4n) is 3.71. The molecule has 2 aromatic heterocycles. The topological polar surface area (TPSA) is 64.0 Å². The van der Waals surface area contributed by atoms with Gasteiger partial charge in [-0.2, -0.15) is 0 Å². The third kappa shape index (κ3) is 4.48. The van der Waals surface area contributed by atoms with Gasteiger partial charge in [-0.15, -0.1) is 0 Å². The summed E-state index contributed by atoms with van der Waals surface area (Å²) in [7, 11) is 0. The van der Waals surface area contributed by atoms with Crippen molar-refractivity contribution in [2.75, 3.05) is 5.32 Å². The quantitative estimate of drug-likeness (QED) is 0.444. The van der Waals surface area contributed by atoms with Crippen LogP contribution in [0.4, 0.5) is 5.69 Å². The molecule has 0 aliphatic heterocycles. The Balaban J connectivity index is 1.92. The van der Waals surface area contributed by atoms with Crippen LogP contribution >= 0.6 is 11.6 Å². The van der Waals surface area contributed by atoms with Gasteiger partial charge in [0, 0.05) is 30.7 Å². The number of para-hydroxylation sites is 1. The minimum Gasteiger partial charge on any atom is -0.340 e. The second-order valence-electron chi connectivity index (χ2n) is 7.62. The zero-order valence-corrected chi connectivity index (χ0v) is 18.6. The van der Waals surface area contributed by atoms with Crippen molar-refractivity contribution in [2.24, 2.45) is 0 Å². The molecule has 1 N–H and O–H groups in total. The molecule has 2 aromatic carbocycles. The van der Waals surface area contributed by atoms with Crippen LogP contribution in [0.25, 0.3) is 11.3 Å². The Morgan fingerprint density at radius 3 is 2.56 bits per heavy atom. The normalized spacial score (nSPS) is 10.7. The lowest BCUT2D eigenvalue weighted by molar-refractivity contribution is 0.102. The first-order valence-corrected chi connectivity index (χ1v) is 10.6.